The summed E-state index contributed by atoms with van der Waals surface area (Å²) in [5.41, 5.74) is 5.81. The second-order valence-electron chi connectivity index (χ2n) is 4.78. The van der Waals surface area contributed by atoms with Gasteiger partial charge in [0.15, 0.2) is 5.69 Å². The Labute approximate surface area is 131 Å². The largest absolute Gasteiger partial charge is 0.401 e. The molecule has 4 rings (SSSR count). The Balaban J connectivity index is 2.01. The molecule has 24 heavy (non-hydrogen) atoms. The number of nitrogens with zero attached hydrogens (tertiary/aromatic N) is 6. The number of nitrogens with two attached hydrogens (primary N) is 1. The van der Waals surface area contributed by atoms with Crippen LogP contribution in [0.25, 0.3) is 28.1 Å². The monoisotopic (exact) mass is 323 g/mol. The highest BCUT2D eigenvalue weighted by Gasteiger charge is 2.15. The van der Waals surface area contributed by atoms with Crippen LogP contribution >= 0.6 is 0 Å². The fraction of sp³-hybridized carbons (Fsp3) is 0. The first kappa shape index (κ1) is 13.8. The fourth-order valence-electron chi connectivity index (χ4n) is 2.18. The lowest BCUT2D eigenvalue weighted by Crippen LogP contribution is -2.07. The Kier molecular flexibility index (Phi) is 2.76. The van der Waals surface area contributed by atoms with E-state index in [-0.39, 0.29) is 39.4 Å². The number of rotatable bonds is 1. The van der Waals surface area contributed by atoms with Gasteiger partial charge in [-0.25, -0.2) is 14.2 Å². The number of fused-ring (bicyclic) bond motifs is 2. The third-order valence-electron chi connectivity index (χ3n) is 3.30. The van der Waals surface area contributed by atoms with Gasteiger partial charge in [0.05, 0.1) is 22.2 Å². The van der Waals surface area contributed by atoms with E-state index in [0.29, 0.717) is 0 Å². The van der Waals surface area contributed by atoms with E-state index in [1.54, 1.807) is 0 Å². The Morgan fingerprint density at radius 1 is 1.33 bits per heavy atom. The normalized spacial score (nSPS) is 11.0. The molecule has 0 aliphatic heterocycles. The van der Waals surface area contributed by atoms with Crippen molar-refractivity contribution in [1.82, 2.24) is 30.2 Å². The lowest BCUT2D eigenvalue weighted by molar-refractivity contribution is 0.513. The number of tetrazole rings is 1. The van der Waals surface area contributed by atoms with E-state index in [4.69, 9.17) is 16.6 Å². The zero-order chi connectivity index (χ0) is 16.8. The van der Waals surface area contributed by atoms with Crippen molar-refractivity contribution in [2.24, 2.45) is 0 Å². The summed E-state index contributed by atoms with van der Waals surface area (Å²) in [6, 6.07) is 3.68. The highest BCUT2D eigenvalue weighted by atomic mass is 19.1. The maximum Gasteiger partial charge on any atom is 0.347 e. The number of benzene rings is 1. The van der Waals surface area contributed by atoms with Gasteiger partial charge in [-0.15, -0.1) is 21.3 Å². The molecular weight excluding hydrogens is 317 g/mol. The molecule has 0 saturated heterocycles. The molecule has 0 fully saturated rings. The Morgan fingerprint density at radius 2 is 2.17 bits per heavy atom. The summed E-state index contributed by atoms with van der Waals surface area (Å²) >= 11 is 0. The molecular formula is C14H6FN7O2. The first-order valence-corrected chi connectivity index (χ1v) is 6.53. The average Bonchev–Trinajstić information content (AvgIpc) is 3.04. The van der Waals surface area contributed by atoms with Gasteiger partial charge in [-0.1, -0.05) is 5.92 Å². The maximum atomic E-state index is 13.7. The van der Waals surface area contributed by atoms with Crippen molar-refractivity contribution in [2.45, 2.75) is 0 Å². The molecule has 0 aliphatic rings. The van der Waals surface area contributed by atoms with Crippen molar-refractivity contribution in [3.05, 3.63) is 40.0 Å². The molecule has 0 atom stereocenters. The lowest BCUT2D eigenvalue weighted by atomic mass is 10.1. The minimum Gasteiger partial charge on any atom is -0.401 e. The first-order valence-electron chi connectivity index (χ1n) is 6.53. The van der Waals surface area contributed by atoms with Crippen LogP contribution in [-0.2, 0) is 0 Å². The summed E-state index contributed by atoms with van der Waals surface area (Å²) in [4.78, 5) is 16.3. The zero-order valence-corrected chi connectivity index (χ0v) is 11.8. The van der Waals surface area contributed by atoms with Crippen LogP contribution in [0.1, 0.15) is 5.56 Å². The summed E-state index contributed by atoms with van der Waals surface area (Å²) in [6.07, 6.45) is 5.23. The van der Waals surface area contributed by atoms with Gasteiger partial charge in [0.1, 0.15) is 5.82 Å². The van der Waals surface area contributed by atoms with Crippen molar-refractivity contribution in [3.8, 4) is 23.9 Å². The molecule has 9 nitrogen and oxygen atoms in total. The van der Waals surface area contributed by atoms with Gasteiger partial charge in [-0.2, -0.15) is 0 Å². The molecule has 4 aromatic rings. The molecule has 10 heteroatoms. The smallest absolute Gasteiger partial charge is 0.347 e. The average molecular weight is 323 g/mol. The van der Waals surface area contributed by atoms with Crippen molar-refractivity contribution in [3.63, 3.8) is 0 Å². The van der Waals surface area contributed by atoms with Crippen LogP contribution in [0.3, 0.4) is 0 Å². The van der Waals surface area contributed by atoms with Gasteiger partial charge in [-0.05, 0) is 28.6 Å². The SMILES string of the molecule is C#Cc1cc2nc(-c3cc(N)c4nnnn4n3)oc(=O)c2cc1F. The van der Waals surface area contributed by atoms with Crippen molar-refractivity contribution in [2.75, 3.05) is 5.73 Å². The van der Waals surface area contributed by atoms with Gasteiger partial charge >= 0.3 is 5.63 Å². The topological polar surface area (TPSA) is 125 Å². The summed E-state index contributed by atoms with van der Waals surface area (Å²) < 4.78 is 19.9. The van der Waals surface area contributed by atoms with E-state index in [1.807, 2.05) is 0 Å². The molecule has 3 heterocycles. The number of halogens is 1. The van der Waals surface area contributed by atoms with Crippen LogP contribution in [0, 0.1) is 18.2 Å². The van der Waals surface area contributed by atoms with Crippen LogP contribution in [0.2, 0.25) is 0 Å². The van der Waals surface area contributed by atoms with Gasteiger partial charge in [0, 0.05) is 0 Å². The predicted octanol–water partition coefficient (Wildman–Crippen LogP) is 0.390. The van der Waals surface area contributed by atoms with E-state index in [9.17, 15) is 9.18 Å². The first-order chi connectivity index (χ1) is 11.6. The number of hydrogen-bond acceptors (Lipinski definition) is 8. The molecule has 0 aliphatic carbocycles. The zero-order valence-electron chi connectivity index (χ0n) is 11.8. The number of aromatic nitrogens is 6. The molecule has 0 radical (unpaired) electrons. The quantitative estimate of drug-likeness (QED) is 0.499. The lowest BCUT2D eigenvalue weighted by Gasteiger charge is -2.03. The third kappa shape index (κ3) is 1.96. The standard InChI is InChI=1S/C14H6FN7O2/c1-2-6-3-10-7(4-8(6)15)14(23)24-13(17-10)11-5-9(16)12-18-20-21-22(12)19-11/h1,3-5H,16H2. The number of anilines is 1. The number of nitrogen functional groups attached to an aromatic ring is 1. The van der Waals surface area contributed by atoms with E-state index in [2.05, 4.69) is 31.5 Å². The van der Waals surface area contributed by atoms with Gasteiger partial charge in [-0.3, -0.25) is 0 Å². The van der Waals surface area contributed by atoms with Crippen molar-refractivity contribution >= 4 is 22.2 Å². The van der Waals surface area contributed by atoms with Crippen LogP contribution in [-0.4, -0.2) is 30.2 Å². The molecule has 0 saturated carbocycles. The Morgan fingerprint density at radius 3 is 2.96 bits per heavy atom. The van der Waals surface area contributed by atoms with Gasteiger partial charge < -0.3 is 10.2 Å². The van der Waals surface area contributed by atoms with Crippen molar-refractivity contribution in [1.29, 1.82) is 0 Å². The van der Waals surface area contributed by atoms with Gasteiger partial charge in [0.2, 0.25) is 5.65 Å². The second kappa shape index (κ2) is 4.82. The molecule has 0 amide bonds. The molecule has 0 spiro atoms. The van der Waals surface area contributed by atoms with Crippen LogP contribution in [0.5, 0.6) is 0 Å². The predicted molar refractivity (Wildman–Crippen MR) is 80.2 cm³/mol. The molecule has 1 aromatic carbocycles. The second-order valence-corrected chi connectivity index (χ2v) is 4.78. The fourth-order valence-corrected chi connectivity index (χ4v) is 2.18. The van der Waals surface area contributed by atoms with E-state index in [1.165, 1.54) is 12.1 Å². The van der Waals surface area contributed by atoms with E-state index >= 15 is 0 Å². The number of hydrogen-bond donors (Lipinski definition) is 1. The summed E-state index contributed by atoms with van der Waals surface area (Å²) in [5, 5.41) is 14.8. The molecule has 3 aromatic heterocycles. The molecule has 2 N–H and O–H groups in total. The van der Waals surface area contributed by atoms with Crippen molar-refractivity contribution < 1.29 is 8.81 Å². The number of terminal acetylenes is 1. The third-order valence-corrected chi connectivity index (χ3v) is 3.30. The highest BCUT2D eigenvalue weighted by molar-refractivity contribution is 5.80. The minimum absolute atomic E-state index is 0.0186. The highest BCUT2D eigenvalue weighted by Crippen LogP contribution is 2.21. The summed E-state index contributed by atoms with van der Waals surface area (Å²) in [7, 11) is 0. The van der Waals surface area contributed by atoms with E-state index in [0.717, 1.165) is 10.7 Å². The Hall–Kier alpha value is -3.87. The maximum absolute atomic E-state index is 13.7. The molecule has 116 valence electrons. The minimum atomic E-state index is -0.783. The van der Waals surface area contributed by atoms with E-state index < -0.39 is 11.4 Å². The summed E-state index contributed by atoms with van der Waals surface area (Å²) in [6.45, 7) is 0. The van der Waals surface area contributed by atoms with Gasteiger partial charge in [0.25, 0.3) is 5.89 Å². The Bertz CT molecular complexity index is 1220. The van der Waals surface area contributed by atoms with Crippen LogP contribution in [0.4, 0.5) is 10.1 Å². The van der Waals surface area contributed by atoms with Crippen LogP contribution < -0.4 is 11.4 Å². The van der Waals surface area contributed by atoms with Crippen LogP contribution in [0.15, 0.2) is 27.4 Å². The summed E-state index contributed by atoms with van der Waals surface area (Å²) in [5.74, 6) is 1.36. The molecule has 0 bridgehead atoms. The molecule has 0 unspecified atom stereocenters.